The molecule has 0 heterocycles. The largest absolute Gasteiger partial charge is 0.462 e. The maximum atomic E-state index is 12.8. The standard InChI is InChI=1S/C57H96O6/c1-4-7-10-13-16-19-22-25-28-29-30-33-35-38-41-44-47-50-56(59)62-53-54(63-57(60)51-48-45-42-39-36-32-27-24-21-18-15-12-9-6-3)52-61-55(58)49-46-43-40-37-34-31-26-23-20-17-14-11-8-5-2/h7,10,13,16,19,22,25,28-30,32-33,35-36,54H,4-6,8-9,11-12,14-15,17-18,20-21,23-24,26-27,31,34,37-53H2,1-3H3/b10-7-,16-13-,22-19-,28-25-,30-29+,35-33-,36-32-. The lowest BCUT2D eigenvalue weighted by molar-refractivity contribution is -0.167. The van der Waals surface area contributed by atoms with Crippen LogP contribution in [0, 0.1) is 0 Å². The van der Waals surface area contributed by atoms with Crippen molar-refractivity contribution in [2.45, 2.75) is 245 Å². The number of rotatable bonds is 46. The third-order valence-electron chi connectivity index (χ3n) is 11.0. The van der Waals surface area contributed by atoms with Gasteiger partial charge in [0.15, 0.2) is 6.10 Å². The van der Waals surface area contributed by atoms with Gasteiger partial charge in [-0.3, -0.25) is 14.4 Å². The smallest absolute Gasteiger partial charge is 0.306 e. The highest BCUT2D eigenvalue weighted by atomic mass is 16.6. The number of allylic oxidation sites excluding steroid dienone is 14. The van der Waals surface area contributed by atoms with Gasteiger partial charge in [-0.1, -0.05) is 241 Å². The van der Waals surface area contributed by atoms with E-state index < -0.39 is 6.10 Å². The van der Waals surface area contributed by atoms with Crippen LogP contribution in [0.15, 0.2) is 85.1 Å². The summed E-state index contributed by atoms with van der Waals surface area (Å²) in [5.41, 5.74) is 0. The highest BCUT2D eigenvalue weighted by Crippen LogP contribution is 2.15. The Balaban J connectivity index is 4.49. The molecular formula is C57H96O6. The lowest BCUT2D eigenvalue weighted by Crippen LogP contribution is -2.30. The fourth-order valence-corrected chi connectivity index (χ4v) is 7.12. The molecular weight excluding hydrogens is 781 g/mol. The van der Waals surface area contributed by atoms with Gasteiger partial charge in [0, 0.05) is 19.3 Å². The molecule has 0 fully saturated rings. The van der Waals surface area contributed by atoms with Crippen molar-refractivity contribution in [2.75, 3.05) is 13.2 Å². The van der Waals surface area contributed by atoms with Gasteiger partial charge in [-0.2, -0.15) is 0 Å². The summed E-state index contributed by atoms with van der Waals surface area (Å²) in [5.74, 6) is -0.955. The first-order chi connectivity index (χ1) is 31.0. The first kappa shape index (κ1) is 59.6. The van der Waals surface area contributed by atoms with E-state index in [0.717, 1.165) is 83.5 Å². The Morgan fingerprint density at radius 2 is 0.635 bits per heavy atom. The molecule has 0 spiro atoms. The number of hydrogen-bond donors (Lipinski definition) is 0. The Morgan fingerprint density at radius 1 is 0.333 bits per heavy atom. The van der Waals surface area contributed by atoms with Crippen molar-refractivity contribution in [2.24, 2.45) is 0 Å². The maximum absolute atomic E-state index is 12.8. The molecule has 0 aliphatic rings. The Hall–Kier alpha value is -3.41. The van der Waals surface area contributed by atoms with Crippen molar-refractivity contribution < 1.29 is 28.6 Å². The van der Waals surface area contributed by atoms with Crippen LogP contribution in [0.2, 0.25) is 0 Å². The van der Waals surface area contributed by atoms with Crippen LogP contribution in [0.25, 0.3) is 0 Å². The lowest BCUT2D eigenvalue weighted by Gasteiger charge is -2.18. The van der Waals surface area contributed by atoms with E-state index in [-0.39, 0.29) is 31.1 Å². The van der Waals surface area contributed by atoms with E-state index in [1.165, 1.54) is 116 Å². The molecule has 1 atom stereocenters. The van der Waals surface area contributed by atoms with Crippen LogP contribution in [-0.2, 0) is 28.6 Å². The predicted octanol–water partition coefficient (Wildman–Crippen LogP) is 17.2. The molecule has 0 N–H and O–H groups in total. The molecule has 0 aliphatic carbocycles. The van der Waals surface area contributed by atoms with E-state index in [9.17, 15) is 14.4 Å². The minimum absolute atomic E-state index is 0.0957. The fraction of sp³-hybridized carbons (Fsp3) is 0.702. The molecule has 0 rings (SSSR count). The molecule has 1 unspecified atom stereocenters. The fourth-order valence-electron chi connectivity index (χ4n) is 7.12. The Kier molecular flexibility index (Phi) is 48.5. The molecule has 63 heavy (non-hydrogen) atoms. The molecule has 0 aliphatic heterocycles. The molecule has 0 amide bonds. The second kappa shape index (κ2) is 51.2. The molecule has 0 saturated heterocycles. The SMILES string of the molecule is CC\C=C/C=C\C=C/C=C\C=C\C=C/CCCCCC(=O)OCC(COC(=O)CCCCCCCCCCCCCCCC)OC(=O)CCCCC/C=C\CCCCCCCCC. The van der Waals surface area contributed by atoms with Gasteiger partial charge in [-0.25, -0.2) is 0 Å². The van der Waals surface area contributed by atoms with E-state index in [1.54, 1.807) is 0 Å². The number of ether oxygens (including phenoxy) is 3. The lowest BCUT2D eigenvalue weighted by atomic mass is 10.0. The number of carbonyl (C=O) groups excluding carboxylic acids is 3. The van der Waals surface area contributed by atoms with Gasteiger partial charge in [0.25, 0.3) is 0 Å². The van der Waals surface area contributed by atoms with E-state index in [1.807, 2.05) is 60.8 Å². The number of carbonyl (C=O) groups is 3. The summed E-state index contributed by atoms with van der Waals surface area (Å²) in [4.78, 5) is 38.0. The quantitative estimate of drug-likeness (QED) is 0.0199. The zero-order valence-corrected chi connectivity index (χ0v) is 41.1. The predicted molar refractivity (Wildman–Crippen MR) is 270 cm³/mol. The Bertz CT molecular complexity index is 1240. The molecule has 0 aromatic carbocycles. The average Bonchev–Trinajstić information content (AvgIpc) is 3.28. The zero-order chi connectivity index (χ0) is 45.8. The van der Waals surface area contributed by atoms with Crippen molar-refractivity contribution in [1.82, 2.24) is 0 Å². The van der Waals surface area contributed by atoms with Gasteiger partial charge in [-0.15, -0.1) is 0 Å². The molecule has 6 heteroatoms. The summed E-state index contributed by atoms with van der Waals surface area (Å²) >= 11 is 0. The van der Waals surface area contributed by atoms with Crippen molar-refractivity contribution >= 4 is 17.9 Å². The van der Waals surface area contributed by atoms with Gasteiger partial charge in [0.1, 0.15) is 13.2 Å². The van der Waals surface area contributed by atoms with Crippen molar-refractivity contribution in [1.29, 1.82) is 0 Å². The van der Waals surface area contributed by atoms with Crippen molar-refractivity contribution in [3.8, 4) is 0 Å². The van der Waals surface area contributed by atoms with E-state index >= 15 is 0 Å². The highest BCUT2D eigenvalue weighted by molar-refractivity contribution is 5.71. The molecule has 0 aromatic rings. The van der Waals surface area contributed by atoms with Crippen molar-refractivity contribution in [3.63, 3.8) is 0 Å². The summed E-state index contributed by atoms with van der Waals surface area (Å²) < 4.78 is 16.8. The summed E-state index contributed by atoms with van der Waals surface area (Å²) in [6.45, 7) is 6.44. The minimum Gasteiger partial charge on any atom is -0.462 e. The summed E-state index contributed by atoms with van der Waals surface area (Å²) in [6, 6.07) is 0. The van der Waals surface area contributed by atoms with E-state index in [2.05, 4.69) is 45.1 Å². The number of hydrogen-bond acceptors (Lipinski definition) is 6. The van der Waals surface area contributed by atoms with E-state index in [4.69, 9.17) is 14.2 Å². The van der Waals surface area contributed by atoms with E-state index in [0.29, 0.717) is 19.3 Å². The monoisotopic (exact) mass is 877 g/mol. The van der Waals surface area contributed by atoms with Crippen molar-refractivity contribution in [3.05, 3.63) is 85.1 Å². The molecule has 0 aromatic heterocycles. The van der Waals surface area contributed by atoms with Gasteiger partial charge in [-0.05, 0) is 64.2 Å². The normalized spacial score (nSPS) is 12.7. The van der Waals surface area contributed by atoms with Gasteiger partial charge in [0.2, 0.25) is 0 Å². The van der Waals surface area contributed by atoms with Crippen LogP contribution in [0.5, 0.6) is 0 Å². The van der Waals surface area contributed by atoms with Crippen LogP contribution < -0.4 is 0 Å². The first-order valence-electron chi connectivity index (χ1n) is 26.2. The van der Waals surface area contributed by atoms with Gasteiger partial charge >= 0.3 is 17.9 Å². The summed E-state index contributed by atoms with van der Waals surface area (Å²) in [6.07, 6.45) is 65.6. The highest BCUT2D eigenvalue weighted by Gasteiger charge is 2.19. The van der Waals surface area contributed by atoms with Gasteiger partial charge < -0.3 is 14.2 Å². The number of unbranched alkanes of at least 4 members (excludes halogenated alkanes) is 26. The molecule has 0 bridgehead atoms. The molecule has 0 saturated carbocycles. The average molecular weight is 877 g/mol. The second-order valence-corrected chi connectivity index (χ2v) is 17.2. The third kappa shape index (κ3) is 49.5. The molecule has 360 valence electrons. The minimum atomic E-state index is -0.801. The Morgan fingerprint density at radius 3 is 1.03 bits per heavy atom. The third-order valence-corrected chi connectivity index (χ3v) is 11.0. The van der Waals surface area contributed by atoms with Crippen LogP contribution in [0.3, 0.4) is 0 Å². The van der Waals surface area contributed by atoms with Crippen LogP contribution in [0.1, 0.15) is 239 Å². The maximum Gasteiger partial charge on any atom is 0.306 e. The Labute approximate surface area is 388 Å². The first-order valence-corrected chi connectivity index (χ1v) is 26.2. The molecule has 0 radical (unpaired) electrons. The topological polar surface area (TPSA) is 78.9 Å². The summed E-state index contributed by atoms with van der Waals surface area (Å²) in [7, 11) is 0. The molecule has 6 nitrogen and oxygen atoms in total. The van der Waals surface area contributed by atoms with Crippen LogP contribution >= 0.6 is 0 Å². The number of esters is 3. The second-order valence-electron chi connectivity index (χ2n) is 17.2. The summed E-state index contributed by atoms with van der Waals surface area (Å²) in [5, 5.41) is 0. The van der Waals surface area contributed by atoms with Crippen LogP contribution in [0.4, 0.5) is 0 Å². The van der Waals surface area contributed by atoms with Gasteiger partial charge in [0.05, 0.1) is 0 Å². The van der Waals surface area contributed by atoms with Crippen LogP contribution in [-0.4, -0.2) is 37.2 Å². The zero-order valence-electron chi connectivity index (χ0n) is 41.1.